The number of rotatable bonds is 0. The maximum Gasteiger partial charge on any atom is 0.115 e. The van der Waals surface area contributed by atoms with Crippen LogP contribution in [0.2, 0.25) is 25.3 Å². The van der Waals surface area contributed by atoms with Gasteiger partial charge in [-0.15, -0.1) is 7.71 Å². The lowest BCUT2D eigenvalue weighted by atomic mass is 9.91. The molecule has 0 bridgehead atoms. The van der Waals surface area contributed by atoms with Crippen LogP contribution in [0.25, 0.3) is 0 Å². The van der Waals surface area contributed by atoms with Gasteiger partial charge >= 0.3 is 0 Å². The molecule has 2 aliphatic rings. The SMILES string of the molecule is [B]1CC[B][Si]1=[Si]=[Si]1[B]CC[B]1. The van der Waals surface area contributed by atoms with Crippen molar-refractivity contribution in [3.63, 3.8) is 0 Å². The molecule has 0 aromatic heterocycles. The monoisotopic (exact) mass is 184 g/mol. The van der Waals surface area contributed by atoms with E-state index >= 15 is 0 Å². The van der Waals surface area contributed by atoms with Gasteiger partial charge in [-0.3, -0.25) is 0 Å². The van der Waals surface area contributed by atoms with E-state index in [1.807, 2.05) is 0 Å². The van der Waals surface area contributed by atoms with E-state index < -0.39 is 0 Å². The van der Waals surface area contributed by atoms with Gasteiger partial charge in [-0.2, -0.15) is 0 Å². The Balaban J connectivity index is 2.13. The number of hydrogen-bond donors (Lipinski definition) is 0. The molecular weight excluding hydrogens is 176 g/mol. The molecular formula is C4H8B4Si3. The second-order valence-corrected chi connectivity index (χ2v) is 13.2. The predicted molar refractivity (Wildman–Crippen MR) is 59.5 cm³/mol. The molecule has 11 heavy (non-hydrogen) atoms. The van der Waals surface area contributed by atoms with Crippen LogP contribution in [0.3, 0.4) is 0 Å². The smallest absolute Gasteiger partial charge is 0.115 e. The summed E-state index contributed by atoms with van der Waals surface area (Å²) in [6.45, 7) is 10.4. The minimum atomic E-state index is -0.0346. The average Bonchev–Trinajstić information content (AvgIpc) is 2.60. The lowest BCUT2D eigenvalue weighted by Crippen LogP contribution is -2.22. The highest BCUT2D eigenvalue weighted by Crippen LogP contribution is 1.98. The summed E-state index contributed by atoms with van der Waals surface area (Å²) in [4.78, 5) is 0. The summed E-state index contributed by atoms with van der Waals surface area (Å²) in [5, 5.41) is 0. The van der Waals surface area contributed by atoms with E-state index in [2.05, 4.69) is 27.5 Å². The van der Waals surface area contributed by atoms with Crippen molar-refractivity contribution in [3.8, 4) is 0 Å². The quantitative estimate of drug-likeness (QED) is 0.431. The van der Waals surface area contributed by atoms with Crippen LogP contribution in [0, 0.1) is 0 Å². The predicted octanol–water partition coefficient (Wildman–Crippen LogP) is -0.822. The maximum absolute atomic E-state index is 2.61. The van der Waals surface area contributed by atoms with Crippen molar-refractivity contribution < 1.29 is 0 Å². The van der Waals surface area contributed by atoms with Crippen molar-refractivity contribution in [1.29, 1.82) is 0 Å². The molecule has 7 heteroatoms. The third kappa shape index (κ3) is 2.42. The van der Waals surface area contributed by atoms with Crippen molar-refractivity contribution in [2.75, 3.05) is 0 Å². The third-order valence-corrected chi connectivity index (χ3v) is 14.9. The van der Waals surface area contributed by atoms with Crippen LogP contribution in [0.5, 0.6) is 0 Å². The van der Waals surface area contributed by atoms with E-state index in [-0.39, 0.29) is 15.3 Å². The molecule has 2 saturated heterocycles. The van der Waals surface area contributed by atoms with E-state index in [1.165, 1.54) is 33.0 Å². The molecule has 0 nitrogen and oxygen atoms in total. The largest absolute Gasteiger partial charge is 0.135 e. The highest BCUT2D eigenvalue weighted by molar-refractivity contribution is 7.58. The van der Waals surface area contributed by atoms with Crippen LogP contribution >= 0.6 is 0 Å². The first-order chi connectivity index (χ1) is 5.45. The highest BCUT2D eigenvalue weighted by Gasteiger charge is 2.12. The molecule has 0 N–H and O–H groups in total. The van der Waals surface area contributed by atoms with Crippen molar-refractivity contribution in [2.45, 2.75) is 25.3 Å². The van der Waals surface area contributed by atoms with Crippen LogP contribution in [-0.4, -0.2) is 50.5 Å². The second-order valence-electron chi connectivity index (χ2n) is 3.01. The lowest BCUT2D eigenvalue weighted by molar-refractivity contribution is 1.46. The van der Waals surface area contributed by atoms with Gasteiger partial charge in [0, 0.05) is 0 Å². The van der Waals surface area contributed by atoms with Gasteiger partial charge in [-0.25, -0.2) is 0 Å². The zero-order valence-electron chi connectivity index (χ0n) is 6.64. The first-order valence-electron chi connectivity index (χ1n) is 4.29. The second kappa shape index (κ2) is 4.23. The third-order valence-electron chi connectivity index (χ3n) is 2.08. The van der Waals surface area contributed by atoms with Crippen molar-refractivity contribution in [3.05, 3.63) is 0 Å². The molecule has 0 aliphatic carbocycles. The summed E-state index contributed by atoms with van der Waals surface area (Å²) < 4.78 is 0. The molecule has 2 heterocycles. The summed E-state index contributed by atoms with van der Waals surface area (Å²) in [6, 6.07) is 0. The Hall–Kier alpha value is 0.910. The zero-order valence-corrected chi connectivity index (χ0v) is 9.64. The Morgan fingerprint density at radius 3 is 1.45 bits per heavy atom. The molecule has 4 radical (unpaired) electrons. The van der Waals surface area contributed by atoms with E-state index in [1.54, 1.807) is 0 Å². The molecule has 0 atom stereocenters. The Morgan fingerprint density at radius 2 is 1.09 bits per heavy atom. The molecule has 48 valence electrons. The molecule has 0 aromatic carbocycles. The lowest BCUT2D eigenvalue weighted by Gasteiger charge is -1.87. The average molecular weight is 184 g/mol. The summed E-state index contributed by atoms with van der Waals surface area (Å²) in [5.74, 6) is 0. The standard InChI is InChI=1S/C4H8B4Si3/c1-2-6-10(5-1)9-11-7-3-4-8-11/h1-4H2. The Labute approximate surface area is 75.9 Å². The Morgan fingerprint density at radius 1 is 0.727 bits per heavy atom. The summed E-state index contributed by atoms with van der Waals surface area (Å²) >= 11 is 0. The molecule has 0 amide bonds. The van der Waals surface area contributed by atoms with Crippen molar-refractivity contribution in [1.82, 2.24) is 0 Å². The zero-order chi connectivity index (χ0) is 7.52. The van der Waals surface area contributed by atoms with Gasteiger partial charge in [0.25, 0.3) is 0 Å². The van der Waals surface area contributed by atoms with Crippen LogP contribution in [0.1, 0.15) is 0 Å². The van der Waals surface area contributed by atoms with E-state index in [9.17, 15) is 0 Å². The van der Waals surface area contributed by atoms with Gasteiger partial charge in [0.05, 0.1) is 0 Å². The van der Waals surface area contributed by atoms with Crippen molar-refractivity contribution in [2.24, 2.45) is 0 Å². The molecule has 0 saturated carbocycles. The van der Waals surface area contributed by atoms with Gasteiger partial charge in [-0.1, -0.05) is 40.5 Å². The molecule has 2 rings (SSSR count). The maximum atomic E-state index is 2.61. The van der Waals surface area contributed by atoms with E-state index in [0.29, 0.717) is 0 Å². The van der Waals surface area contributed by atoms with Gasteiger partial charge < -0.3 is 0 Å². The van der Waals surface area contributed by atoms with Crippen LogP contribution in [0.15, 0.2) is 0 Å². The van der Waals surface area contributed by atoms with Crippen LogP contribution in [0.4, 0.5) is 0 Å². The fourth-order valence-corrected chi connectivity index (χ4v) is 15.1. The molecule has 2 aliphatic heterocycles. The summed E-state index contributed by atoms with van der Waals surface area (Å²) in [5.41, 5.74) is 0. The van der Waals surface area contributed by atoms with Gasteiger partial charge in [0.2, 0.25) is 0 Å². The van der Waals surface area contributed by atoms with Gasteiger partial charge in [-0.05, 0) is 0 Å². The fourth-order valence-electron chi connectivity index (χ4n) is 1.49. The Kier molecular flexibility index (Phi) is 3.27. The minimum absolute atomic E-state index is 0.0346. The van der Waals surface area contributed by atoms with E-state index in [0.717, 1.165) is 0 Å². The van der Waals surface area contributed by atoms with E-state index in [4.69, 9.17) is 0 Å². The normalized spacial score (nSPS) is 21.5. The Bertz CT molecular complexity index is 185. The molecule has 0 unspecified atom stereocenters. The fraction of sp³-hybridized carbons (Fsp3) is 1.00. The molecule has 2 fully saturated rings. The summed E-state index contributed by atoms with van der Waals surface area (Å²) in [6.07, 6.45) is 5.54. The topological polar surface area (TPSA) is 0 Å². The van der Waals surface area contributed by atoms with Crippen LogP contribution < -0.4 is 0 Å². The van der Waals surface area contributed by atoms with Gasteiger partial charge in [0.1, 0.15) is 27.5 Å². The number of hydrogen-bond acceptors (Lipinski definition) is 0. The van der Waals surface area contributed by atoms with Crippen LogP contribution in [-0.2, 0) is 0 Å². The first kappa shape index (κ1) is 8.51. The first-order valence-corrected chi connectivity index (χ1v) is 10.6. The molecule has 0 spiro atoms. The summed E-state index contributed by atoms with van der Waals surface area (Å²) in [7, 11) is 1.25. The molecule has 0 aromatic rings. The highest BCUT2D eigenvalue weighted by atomic mass is 29.1. The van der Waals surface area contributed by atoms with Gasteiger partial charge in [0.15, 0.2) is 0 Å². The minimum Gasteiger partial charge on any atom is -0.135 e. The van der Waals surface area contributed by atoms with Crippen molar-refractivity contribution >= 4 is 50.5 Å².